The van der Waals surface area contributed by atoms with Crippen LogP contribution in [0.15, 0.2) is 23.1 Å². The number of H-pyrrole nitrogens is 1. The minimum Gasteiger partial charge on any atom is -0.493 e. The van der Waals surface area contributed by atoms with Gasteiger partial charge in [-0.1, -0.05) is 0 Å². The zero-order valence-corrected chi connectivity index (χ0v) is 11.3. The average Bonchev–Trinajstić information content (AvgIpc) is 2.83. The van der Waals surface area contributed by atoms with E-state index in [0.29, 0.717) is 17.3 Å². The summed E-state index contributed by atoms with van der Waals surface area (Å²) in [6.07, 6.45) is 2.00. The van der Waals surface area contributed by atoms with Crippen molar-refractivity contribution in [2.75, 3.05) is 26.2 Å². The Labute approximate surface area is 110 Å². The quantitative estimate of drug-likeness (QED) is 0.830. The number of nitrogens with two attached hydrogens (primary N) is 1. The third-order valence-corrected chi connectivity index (χ3v) is 3.37. The first kappa shape index (κ1) is 12.6. The lowest BCUT2D eigenvalue weighted by Gasteiger charge is -2.12. The first-order chi connectivity index (χ1) is 8.69. The molecule has 1 heterocycles. The molecule has 6 heteroatoms. The fourth-order valence-electron chi connectivity index (χ4n) is 1.71. The number of benzene rings is 1. The first-order valence-electron chi connectivity index (χ1n) is 5.31. The van der Waals surface area contributed by atoms with Gasteiger partial charge in [-0.25, -0.2) is 0 Å². The van der Waals surface area contributed by atoms with E-state index in [2.05, 4.69) is 10.2 Å². The van der Waals surface area contributed by atoms with Gasteiger partial charge in [0.2, 0.25) is 0 Å². The lowest BCUT2D eigenvalue weighted by molar-refractivity contribution is 0.354. The standard InChI is InChI=1S/C12H15N3O2S/c1-16-9-4-7(8-5-12(13)15-14-8)11(18-3)6-10(9)17-2/h4-6H,1-3H3,(H3,13,14,15). The Morgan fingerprint density at radius 1 is 1.17 bits per heavy atom. The van der Waals surface area contributed by atoms with E-state index in [9.17, 15) is 0 Å². The van der Waals surface area contributed by atoms with Gasteiger partial charge < -0.3 is 15.2 Å². The smallest absolute Gasteiger partial charge is 0.161 e. The Bertz CT molecular complexity index is 554. The lowest BCUT2D eigenvalue weighted by Crippen LogP contribution is -1.93. The summed E-state index contributed by atoms with van der Waals surface area (Å²) in [5.41, 5.74) is 7.48. The normalized spacial score (nSPS) is 10.4. The van der Waals surface area contributed by atoms with Crippen LogP contribution >= 0.6 is 11.8 Å². The molecule has 0 saturated heterocycles. The van der Waals surface area contributed by atoms with Gasteiger partial charge in [-0.2, -0.15) is 5.10 Å². The third kappa shape index (κ3) is 2.24. The third-order valence-electron chi connectivity index (χ3n) is 2.59. The molecule has 0 radical (unpaired) electrons. The van der Waals surface area contributed by atoms with Crippen molar-refractivity contribution in [2.24, 2.45) is 0 Å². The van der Waals surface area contributed by atoms with Gasteiger partial charge in [-0.3, -0.25) is 5.10 Å². The van der Waals surface area contributed by atoms with Crippen molar-refractivity contribution in [1.29, 1.82) is 0 Å². The molecule has 0 spiro atoms. The number of methoxy groups -OCH3 is 2. The zero-order chi connectivity index (χ0) is 13.1. The molecule has 2 rings (SSSR count). The Kier molecular flexibility index (Phi) is 3.66. The first-order valence-corrected chi connectivity index (χ1v) is 6.53. The predicted molar refractivity (Wildman–Crippen MR) is 73.3 cm³/mol. The highest BCUT2D eigenvalue weighted by atomic mass is 32.2. The summed E-state index contributed by atoms with van der Waals surface area (Å²) in [6, 6.07) is 5.65. The maximum absolute atomic E-state index is 5.63. The second-order valence-electron chi connectivity index (χ2n) is 3.61. The maximum atomic E-state index is 5.63. The SMILES string of the molecule is COc1cc(SC)c(-c2cc(N)n[nH]2)cc1OC. The van der Waals surface area contributed by atoms with Crippen LogP contribution in [0.3, 0.4) is 0 Å². The predicted octanol–water partition coefficient (Wildman–Crippen LogP) is 2.40. The van der Waals surface area contributed by atoms with E-state index in [1.54, 1.807) is 32.0 Å². The molecule has 0 unspecified atom stereocenters. The van der Waals surface area contributed by atoms with E-state index in [0.717, 1.165) is 16.2 Å². The Balaban J connectivity index is 2.58. The van der Waals surface area contributed by atoms with E-state index in [-0.39, 0.29) is 0 Å². The minimum atomic E-state index is 0.465. The molecular formula is C12H15N3O2S. The molecule has 1 aromatic heterocycles. The maximum Gasteiger partial charge on any atom is 0.161 e. The lowest BCUT2D eigenvalue weighted by atomic mass is 10.1. The number of nitrogen functional groups attached to an aromatic ring is 1. The summed E-state index contributed by atoms with van der Waals surface area (Å²) in [4.78, 5) is 1.07. The van der Waals surface area contributed by atoms with Crippen molar-refractivity contribution < 1.29 is 9.47 Å². The van der Waals surface area contributed by atoms with Crippen LogP contribution in [-0.2, 0) is 0 Å². The molecule has 0 amide bonds. The molecule has 0 saturated carbocycles. The van der Waals surface area contributed by atoms with Crippen LogP contribution in [-0.4, -0.2) is 30.7 Å². The van der Waals surface area contributed by atoms with Gasteiger partial charge in [0, 0.05) is 16.5 Å². The average molecular weight is 265 g/mol. The molecule has 0 fully saturated rings. The topological polar surface area (TPSA) is 73.2 Å². The largest absolute Gasteiger partial charge is 0.493 e. The van der Waals surface area contributed by atoms with E-state index in [4.69, 9.17) is 15.2 Å². The Hall–Kier alpha value is -1.82. The van der Waals surface area contributed by atoms with E-state index >= 15 is 0 Å². The van der Waals surface area contributed by atoms with Crippen LogP contribution in [0, 0.1) is 0 Å². The molecule has 0 aliphatic carbocycles. The molecule has 0 atom stereocenters. The summed E-state index contributed by atoms with van der Waals surface area (Å²) < 4.78 is 10.6. The highest BCUT2D eigenvalue weighted by molar-refractivity contribution is 7.98. The molecule has 18 heavy (non-hydrogen) atoms. The van der Waals surface area contributed by atoms with Crippen molar-refractivity contribution in [3.63, 3.8) is 0 Å². The molecule has 3 N–H and O–H groups in total. The number of ether oxygens (including phenoxy) is 2. The van der Waals surface area contributed by atoms with Crippen molar-refractivity contribution in [3.8, 4) is 22.8 Å². The molecule has 0 bridgehead atoms. The minimum absolute atomic E-state index is 0.465. The highest BCUT2D eigenvalue weighted by Crippen LogP contribution is 2.39. The fourth-order valence-corrected chi connectivity index (χ4v) is 2.33. The number of rotatable bonds is 4. The van der Waals surface area contributed by atoms with Gasteiger partial charge in [-0.05, 0) is 18.4 Å². The summed E-state index contributed by atoms with van der Waals surface area (Å²) >= 11 is 1.62. The van der Waals surface area contributed by atoms with Crippen molar-refractivity contribution in [3.05, 3.63) is 18.2 Å². The molecule has 1 aromatic carbocycles. The molecule has 96 valence electrons. The van der Waals surface area contributed by atoms with Gasteiger partial charge >= 0.3 is 0 Å². The van der Waals surface area contributed by atoms with Crippen LogP contribution in [0.4, 0.5) is 5.82 Å². The molecule has 2 aromatic rings. The van der Waals surface area contributed by atoms with E-state index in [1.165, 1.54) is 0 Å². The summed E-state index contributed by atoms with van der Waals surface area (Å²) in [5, 5.41) is 6.84. The number of nitrogens with zero attached hydrogens (tertiary/aromatic N) is 1. The second kappa shape index (κ2) is 5.22. The van der Waals surface area contributed by atoms with Gasteiger partial charge in [0.05, 0.1) is 19.9 Å². The number of nitrogens with one attached hydrogen (secondary N) is 1. The Morgan fingerprint density at radius 2 is 1.83 bits per heavy atom. The number of aromatic nitrogens is 2. The second-order valence-corrected chi connectivity index (χ2v) is 4.46. The molecule has 0 aliphatic heterocycles. The zero-order valence-electron chi connectivity index (χ0n) is 10.5. The fraction of sp³-hybridized carbons (Fsp3) is 0.250. The van der Waals surface area contributed by atoms with Crippen LogP contribution in [0.5, 0.6) is 11.5 Å². The van der Waals surface area contributed by atoms with Crippen molar-refractivity contribution in [2.45, 2.75) is 4.90 Å². The molecule has 0 aliphatic rings. The van der Waals surface area contributed by atoms with Crippen LogP contribution in [0.25, 0.3) is 11.3 Å². The van der Waals surface area contributed by atoms with Crippen LogP contribution in [0.1, 0.15) is 0 Å². The molecule has 5 nitrogen and oxygen atoms in total. The van der Waals surface area contributed by atoms with Crippen molar-refractivity contribution >= 4 is 17.6 Å². The van der Waals surface area contributed by atoms with Gasteiger partial charge in [0.15, 0.2) is 11.5 Å². The van der Waals surface area contributed by atoms with Gasteiger partial charge in [-0.15, -0.1) is 11.8 Å². The Morgan fingerprint density at radius 3 is 2.33 bits per heavy atom. The van der Waals surface area contributed by atoms with Crippen LogP contribution < -0.4 is 15.2 Å². The number of anilines is 1. The number of thioether (sulfide) groups is 1. The van der Waals surface area contributed by atoms with Gasteiger partial charge in [0.1, 0.15) is 5.82 Å². The van der Waals surface area contributed by atoms with Crippen molar-refractivity contribution in [1.82, 2.24) is 10.2 Å². The number of hydrogen-bond donors (Lipinski definition) is 2. The number of hydrogen-bond acceptors (Lipinski definition) is 5. The summed E-state index contributed by atoms with van der Waals surface area (Å²) in [5.74, 6) is 1.85. The monoisotopic (exact) mass is 265 g/mol. The van der Waals surface area contributed by atoms with E-state index in [1.807, 2.05) is 18.4 Å². The van der Waals surface area contributed by atoms with E-state index < -0.39 is 0 Å². The van der Waals surface area contributed by atoms with Gasteiger partial charge in [0.25, 0.3) is 0 Å². The molecular weight excluding hydrogens is 250 g/mol. The highest BCUT2D eigenvalue weighted by Gasteiger charge is 2.13. The number of aromatic amines is 1. The summed E-state index contributed by atoms with van der Waals surface area (Å²) in [6.45, 7) is 0. The van der Waals surface area contributed by atoms with Crippen LogP contribution in [0.2, 0.25) is 0 Å². The summed E-state index contributed by atoms with van der Waals surface area (Å²) in [7, 11) is 3.23.